The Balaban J connectivity index is 2.27. The van der Waals surface area contributed by atoms with E-state index in [2.05, 4.69) is 11.8 Å². The third kappa shape index (κ3) is 2.78. The largest absolute Gasteiger partial charge is 0.398 e. The van der Waals surface area contributed by atoms with E-state index < -0.39 is 0 Å². The van der Waals surface area contributed by atoms with Crippen molar-refractivity contribution in [2.45, 2.75) is 6.92 Å². The van der Waals surface area contributed by atoms with E-state index in [0.717, 1.165) is 5.56 Å². The van der Waals surface area contributed by atoms with Gasteiger partial charge in [-0.05, 0) is 30.5 Å². The van der Waals surface area contributed by atoms with Crippen molar-refractivity contribution in [2.75, 3.05) is 5.73 Å². The van der Waals surface area contributed by atoms with Crippen LogP contribution < -0.4 is 5.73 Å². The van der Waals surface area contributed by atoms with Crippen LogP contribution in [0.25, 0.3) is 0 Å². The molecule has 2 heteroatoms. The molecule has 0 unspecified atom stereocenters. The zero-order valence-corrected chi connectivity index (χ0v) is 10.1. The Morgan fingerprint density at radius 3 is 2.56 bits per heavy atom. The Kier molecular flexibility index (Phi) is 3.45. The summed E-state index contributed by atoms with van der Waals surface area (Å²) in [6, 6.07) is 14.6. The van der Waals surface area contributed by atoms with Gasteiger partial charge in [-0.15, -0.1) is 0 Å². The first-order valence-corrected chi connectivity index (χ1v) is 5.64. The fourth-order valence-corrected chi connectivity index (χ4v) is 1.56. The molecule has 2 aromatic rings. The first-order chi connectivity index (χ1) is 8.66. The van der Waals surface area contributed by atoms with E-state index in [4.69, 9.17) is 5.73 Å². The predicted molar refractivity (Wildman–Crippen MR) is 73.2 cm³/mol. The lowest BCUT2D eigenvalue weighted by atomic mass is 10.1. The van der Waals surface area contributed by atoms with E-state index >= 15 is 0 Å². The van der Waals surface area contributed by atoms with E-state index in [0.29, 0.717) is 16.8 Å². The van der Waals surface area contributed by atoms with Crippen molar-refractivity contribution in [2.24, 2.45) is 0 Å². The zero-order valence-electron chi connectivity index (χ0n) is 10.1. The maximum atomic E-state index is 11.8. The molecule has 0 bridgehead atoms. The molecule has 0 radical (unpaired) electrons. The molecule has 2 aromatic carbocycles. The van der Waals surface area contributed by atoms with E-state index in [-0.39, 0.29) is 5.78 Å². The summed E-state index contributed by atoms with van der Waals surface area (Å²) >= 11 is 0. The maximum absolute atomic E-state index is 11.8. The number of aryl methyl sites for hydroxylation is 1. The second-order valence-electron chi connectivity index (χ2n) is 4.04. The molecule has 0 aliphatic heterocycles. The van der Waals surface area contributed by atoms with E-state index in [1.54, 1.807) is 18.2 Å². The molecule has 0 aromatic heterocycles. The van der Waals surface area contributed by atoms with Crippen LogP contribution in [0.2, 0.25) is 0 Å². The van der Waals surface area contributed by atoms with Crippen LogP contribution >= 0.6 is 0 Å². The third-order valence-electron chi connectivity index (χ3n) is 2.56. The molecule has 0 atom stereocenters. The topological polar surface area (TPSA) is 43.1 Å². The number of benzene rings is 2. The number of nitrogens with two attached hydrogens (primary N) is 1. The number of Topliss-reactive ketones (excluding diaryl/α,β-unsaturated/α-hetero) is 1. The van der Waals surface area contributed by atoms with E-state index in [9.17, 15) is 4.79 Å². The van der Waals surface area contributed by atoms with Crippen molar-refractivity contribution in [3.8, 4) is 11.8 Å². The van der Waals surface area contributed by atoms with Crippen molar-refractivity contribution in [1.29, 1.82) is 0 Å². The molecule has 0 saturated heterocycles. The summed E-state index contributed by atoms with van der Waals surface area (Å²) in [7, 11) is 0. The highest BCUT2D eigenvalue weighted by Gasteiger charge is 2.00. The summed E-state index contributed by atoms with van der Waals surface area (Å²) in [6.45, 7) is 1.96. The van der Waals surface area contributed by atoms with Gasteiger partial charge in [0.1, 0.15) is 0 Å². The van der Waals surface area contributed by atoms with Gasteiger partial charge in [-0.3, -0.25) is 4.79 Å². The molecule has 0 heterocycles. The van der Waals surface area contributed by atoms with Crippen LogP contribution in [-0.2, 0) is 0 Å². The Labute approximate surface area is 106 Å². The second-order valence-corrected chi connectivity index (χ2v) is 4.04. The van der Waals surface area contributed by atoms with Gasteiger partial charge in [0.2, 0.25) is 5.78 Å². The van der Waals surface area contributed by atoms with Crippen LogP contribution in [0.3, 0.4) is 0 Å². The Morgan fingerprint density at radius 2 is 1.83 bits per heavy atom. The molecule has 2 rings (SSSR count). The highest BCUT2D eigenvalue weighted by atomic mass is 16.1. The summed E-state index contributed by atoms with van der Waals surface area (Å²) in [5.41, 5.74) is 8.75. The number of rotatable bonds is 1. The number of hydrogen-bond acceptors (Lipinski definition) is 2. The summed E-state index contributed by atoms with van der Waals surface area (Å²) in [6.07, 6.45) is 0. The standard InChI is InChI=1S/C16H13NO/c1-12-7-9-15(17)14(11-12)8-10-16(18)13-5-3-2-4-6-13/h2-7,9,11H,17H2,1H3. The van der Waals surface area contributed by atoms with Gasteiger partial charge in [0, 0.05) is 16.8 Å². The van der Waals surface area contributed by atoms with Gasteiger partial charge in [-0.2, -0.15) is 0 Å². The molecule has 0 saturated carbocycles. The van der Waals surface area contributed by atoms with Crippen LogP contribution in [0.4, 0.5) is 5.69 Å². The van der Waals surface area contributed by atoms with Gasteiger partial charge >= 0.3 is 0 Å². The van der Waals surface area contributed by atoms with Gasteiger partial charge in [-0.25, -0.2) is 0 Å². The van der Waals surface area contributed by atoms with Crippen LogP contribution in [0.15, 0.2) is 48.5 Å². The first-order valence-electron chi connectivity index (χ1n) is 5.64. The lowest BCUT2D eigenvalue weighted by Crippen LogP contribution is -1.95. The van der Waals surface area contributed by atoms with Crippen molar-refractivity contribution in [3.05, 3.63) is 65.2 Å². The molecule has 0 aliphatic carbocycles. The predicted octanol–water partition coefficient (Wildman–Crippen LogP) is 2.81. The lowest BCUT2D eigenvalue weighted by molar-refractivity contribution is 0.105. The summed E-state index contributed by atoms with van der Waals surface area (Å²) in [5.74, 6) is 5.24. The lowest BCUT2D eigenvalue weighted by Gasteiger charge is -1.98. The summed E-state index contributed by atoms with van der Waals surface area (Å²) in [4.78, 5) is 11.8. The molecule has 0 spiro atoms. The number of nitrogen functional groups attached to an aromatic ring is 1. The SMILES string of the molecule is Cc1ccc(N)c(C#CC(=O)c2ccccc2)c1. The van der Waals surface area contributed by atoms with Crippen molar-refractivity contribution >= 4 is 11.5 Å². The fourth-order valence-electron chi connectivity index (χ4n) is 1.56. The Morgan fingerprint density at radius 1 is 1.11 bits per heavy atom. The average molecular weight is 235 g/mol. The smallest absolute Gasteiger partial charge is 0.236 e. The number of carbonyl (C=O) groups is 1. The van der Waals surface area contributed by atoms with Crippen molar-refractivity contribution in [1.82, 2.24) is 0 Å². The first kappa shape index (κ1) is 11.9. The number of anilines is 1. The van der Waals surface area contributed by atoms with Gasteiger partial charge in [0.15, 0.2) is 0 Å². The average Bonchev–Trinajstić information content (AvgIpc) is 2.40. The van der Waals surface area contributed by atoms with Crippen molar-refractivity contribution in [3.63, 3.8) is 0 Å². The number of carbonyl (C=O) groups excluding carboxylic acids is 1. The normalized spacial score (nSPS) is 9.39. The van der Waals surface area contributed by atoms with Gasteiger partial charge in [0.05, 0.1) is 0 Å². The number of hydrogen-bond donors (Lipinski definition) is 1. The minimum atomic E-state index is -0.198. The molecule has 0 aliphatic rings. The Hall–Kier alpha value is -2.53. The summed E-state index contributed by atoms with van der Waals surface area (Å²) < 4.78 is 0. The third-order valence-corrected chi connectivity index (χ3v) is 2.56. The molecule has 2 N–H and O–H groups in total. The molecule has 0 fully saturated rings. The molecule has 18 heavy (non-hydrogen) atoms. The van der Waals surface area contributed by atoms with Gasteiger partial charge in [-0.1, -0.05) is 42.3 Å². The van der Waals surface area contributed by atoms with Crippen LogP contribution in [0, 0.1) is 18.8 Å². The second kappa shape index (κ2) is 5.20. The van der Waals surface area contributed by atoms with E-state index in [1.165, 1.54) is 0 Å². The number of ketones is 1. The van der Waals surface area contributed by atoms with Gasteiger partial charge < -0.3 is 5.73 Å². The molecule has 2 nitrogen and oxygen atoms in total. The fraction of sp³-hybridized carbons (Fsp3) is 0.0625. The molecular weight excluding hydrogens is 222 g/mol. The van der Waals surface area contributed by atoms with E-state index in [1.807, 2.05) is 37.3 Å². The molecule has 88 valence electrons. The van der Waals surface area contributed by atoms with Crippen LogP contribution in [0.5, 0.6) is 0 Å². The monoisotopic (exact) mass is 235 g/mol. The molecular formula is C16H13NO. The summed E-state index contributed by atoms with van der Waals surface area (Å²) in [5, 5.41) is 0. The minimum absolute atomic E-state index is 0.198. The molecule has 0 amide bonds. The Bertz CT molecular complexity index is 633. The highest BCUT2D eigenvalue weighted by Crippen LogP contribution is 2.12. The quantitative estimate of drug-likeness (QED) is 0.469. The van der Waals surface area contributed by atoms with Crippen LogP contribution in [-0.4, -0.2) is 5.78 Å². The minimum Gasteiger partial charge on any atom is -0.398 e. The van der Waals surface area contributed by atoms with Crippen LogP contribution in [0.1, 0.15) is 21.5 Å². The van der Waals surface area contributed by atoms with Crippen molar-refractivity contribution < 1.29 is 4.79 Å². The van der Waals surface area contributed by atoms with Gasteiger partial charge in [0.25, 0.3) is 0 Å². The highest BCUT2D eigenvalue weighted by molar-refractivity contribution is 6.09. The zero-order chi connectivity index (χ0) is 13.0. The maximum Gasteiger partial charge on any atom is 0.236 e.